The van der Waals surface area contributed by atoms with Crippen LogP contribution in [0, 0.1) is 12.5 Å². The highest BCUT2D eigenvalue weighted by atomic mass is 16.1. The molecule has 1 heterocycles. The highest BCUT2D eigenvalue weighted by Crippen LogP contribution is 2.22. The Labute approximate surface area is 116 Å². The van der Waals surface area contributed by atoms with E-state index in [0.29, 0.717) is 18.5 Å². The number of nitrogens with zero attached hydrogens (tertiary/aromatic N) is 2. The van der Waals surface area contributed by atoms with Crippen molar-refractivity contribution >= 4 is 5.91 Å². The Morgan fingerprint density at radius 1 is 1.53 bits per heavy atom. The van der Waals surface area contributed by atoms with Crippen LogP contribution in [0.15, 0.2) is 12.2 Å². The van der Waals surface area contributed by atoms with Crippen LogP contribution in [-0.4, -0.2) is 42.0 Å². The molecule has 4 heteroatoms. The number of hydrogen-bond acceptors (Lipinski definition) is 2. The van der Waals surface area contributed by atoms with Gasteiger partial charge < -0.3 is 10.2 Å². The van der Waals surface area contributed by atoms with Gasteiger partial charge in [0, 0.05) is 24.7 Å². The normalized spacial score (nSPS) is 24.6. The maximum absolute atomic E-state index is 11.6. The van der Waals surface area contributed by atoms with E-state index in [0.717, 1.165) is 19.5 Å². The van der Waals surface area contributed by atoms with E-state index in [-0.39, 0.29) is 11.4 Å². The summed E-state index contributed by atoms with van der Waals surface area (Å²) in [5.74, 6) is 0.588. The van der Waals surface area contributed by atoms with Crippen molar-refractivity contribution in [3.05, 3.63) is 23.6 Å². The maximum Gasteiger partial charge on any atom is 0.244 e. The summed E-state index contributed by atoms with van der Waals surface area (Å²) >= 11 is 0. The monoisotopic (exact) mass is 263 g/mol. The van der Waals surface area contributed by atoms with E-state index in [9.17, 15) is 4.79 Å². The zero-order chi connectivity index (χ0) is 14.5. The van der Waals surface area contributed by atoms with Crippen LogP contribution in [0.3, 0.4) is 0 Å². The summed E-state index contributed by atoms with van der Waals surface area (Å²) in [6.07, 6.45) is 4.59. The Morgan fingerprint density at radius 3 is 2.79 bits per heavy atom. The molecular formula is C15H25N3O. The number of carbonyl (C=O) groups excluding carboxylic acids is 1. The third kappa shape index (κ3) is 5.89. The minimum Gasteiger partial charge on any atom is -0.348 e. The van der Waals surface area contributed by atoms with Crippen molar-refractivity contribution in [2.75, 3.05) is 19.6 Å². The molecule has 106 valence electrons. The van der Waals surface area contributed by atoms with Gasteiger partial charge in [0.2, 0.25) is 12.5 Å². The van der Waals surface area contributed by atoms with Gasteiger partial charge in [-0.3, -0.25) is 9.69 Å². The zero-order valence-electron chi connectivity index (χ0n) is 12.4. The first-order chi connectivity index (χ1) is 8.81. The van der Waals surface area contributed by atoms with Gasteiger partial charge >= 0.3 is 0 Å². The summed E-state index contributed by atoms with van der Waals surface area (Å²) < 4.78 is 0. The molecule has 1 amide bonds. The Balaban J connectivity index is 2.43. The second-order valence-corrected chi connectivity index (χ2v) is 6.43. The quantitative estimate of drug-likeness (QED) is 0.623. The summed E-state index contributed by atoms with van der Waals surface area (Å²) in [6.45, 7) is 17.4. The molecule has 1 aliphatic rings. The minimum atomic E-state index is -0.198. The van der Waals surface area contributed by atoms with Gasteiger partial charge in [-0.05, 0) is 33.1 Å². The second-order valence-electron chi connectivity index (χ2n) is 6.43. The molecule has 0 aliphatic carbocycles. The summed E-state index contributed by atoms with van der Waals surface area (Å²) in [6, 6.07) is 0.350. The Kier molecular flexibility index (Phi) is 5.56. The molecule has 0 bridgehead atoms. The van der Waals surface area contributed by atoms with Crippen molar-refractivity contribution in [1.82, 2.24) is 10.2 Å². The first kappa shape index (κ1) is 15.7. The Morgan fingerprint density at radius 2 is 2.21 bits per heavy atom. The molecule has 0 aromatic rings. The fourth-order valence-corrected chi connectivity index (χ4v) is 2.46. The lowest BCUT2D eigenvalue weighted by molar-refractivity contribution is -0.117. The van der Waals surface area contributed by atoms with E-state index in [2.05, 4.69) is 22.0 Å². The van der Waals surface area contributed by atoms with Crippen molar-refractivity contribution < 1.29 is 4.79 Å². The molecule has 1 N–H and O–H groups in total. The first-order valence-corrected chi connectivity index (χ1v) is 6.88. The third-order valence-electron chi connectivity index (χ3n) is 3.15. The van der Waals surface area contributed by atoms with Gasteiger partial charge in [-0.15, -0.1) is 0 Å². The topological polar surface area (TPSA) is 36.7 Å². The van der Waals surface area contributed by atoms with Gasteiger partial charge in [-0.25, -0.2) is 6.57 Å². The van der Waals surface area contributed by atoms with Gasteiger partial charge in [-0.1, -0.05) is 13.0 Å². The minimum absolute atomic E-state index is 0.0542. The number of amides is 1. The molecule has 0 aromatic carbocycles. The molecule has 0 spiro atoms. The van der Waals surface area contributed by atoms with Crippen LogP contribution in [0.5, 0.6) is 0 Å². The highest BCUT2D eigenvalue weighted by Gasteiger charge is 2.30. The van der Waals surface area contributed by atoms with Crippen molar-refractivity contribution in [3.63, 3.8) is 0 Å². The molecule has 19 heavy (non-hydrogen) atoms. The molecule has 2 unspecified atom stereocenters. The average Bonchev–Trinajstić information content (AvgIpc) is 2.57. The predicted octanol–water partition coefficient (Wildman–Crippen LogP) is 2.09. The molecular weight excluding hydrogens is 238 g/mol. The fourth-order valence-electron chi connectivity index (χ4n) is 2.46. The Bertz CT molecular complexity index is 376. The van der Waals surface area contributed by atoms with Crippen LogP contribution in [0.25, 0.3) is 4.85 Å². The lowest BCUT2D eigenvalue weighted by atomic mass is 10.1. The smallest absolute Gasteiger partial charge is 0.244 e. The fraction of sp³-hybridized carbons (Fsp3) is 0.733. The summed E-state index contributed by atoms with van der Waals surface area (Å²) in [4.78, 5) is 17.4. The van der Waals surface area contributed by atoms with E-state index in [1.807, 2.05) is 26.8 Å². The standard InChI is InChI=1S/C15H25N3O/c1-12-9-13(10-16-5)18(11-12)8-6-7-14(19)17-15(2,3)4/h6-7,12-13H,8-11H2,1-4H3,(H,17,19)/b7-6+. The van der Waals surface area contributed by atoms with Crippen LogP contribution < -0.4 is 5.32 Å². The molecule has 0 radical (unpaired) electrons. The van der Waals surface area contributed by atoms with Crippen LogP contribution in [0.1, 0.15) is 34.1 Å². The molecule has 4 nitrogen and oxygen atoms in total. The largest absolute Gasteiger partial charge is 0.348 e. The van der Waals surface area contributed by atoms with E-state index in [4.69, 9.17) is 6.57 Å². The molecule has 0 saturated carbocycles. The maximum atomic E-state index is 11.6. The SMILES string of the molecule is [C-]#[N+]CC1CC(C)CN1C/C=C/C(=O)NC(C)(C)C. The molecule has 0 aromatic heterocycles. The number of likely N-dealkylation sites (tertiary alicyclic amines) is 1. The number of hydrogen-bond donors (Lipinski definition) is 1. The molecule has 1 rings (SSSR count). The molecule has 2 atom stereocenters. The second kappa shape index (κ2) is 6.72. The van der Waals surface area contributed by atoms with Crippen molar-refractivity contribution in [2.24, 2.45) is 5.92 Å². The lowest BCUT2D eigenvalue weighted by Gasteiger charge is -2.20. The van der Waals surface area contributed by atoms with Crippen molar-refractivity contribution in [1.29, 1.82) is 0 Å². The van der Waals surface area contributed by atoms with Gasteiger partial charge in [0.25, 0.3) is 0 Å². The lowest BCUT2D eigenvalue weighted by Crippen LogP contribution is -2.39. The molecule has 1 aliphatic heterocycles. The van der Waals surface area contributed by atoms with Gasteiger partial charge in [-0.2, -0.15) is 0 Å². The van der Waals surface area contributed by atoms with Crippen LogP contribution in [-0.2, 0) is 4.79 Å². The Hall–Kier alpha value is -1.34. The van der Waals surface area contributed by atoms with Gasteiger partial charge in [0.05, 0.1) is 6.04 Å². The number of rotatable bonds is 4. The summed E-state index contributed by atoms with van der Waals surface area (Å²) in [7, 11) is 0. The summed E-state index contributed by atoms with van der Waals surface area (Å²) in [5.41, 5.74) is -0.198. The van der Waals surface area contributed by atoms with E-state index in [1.54, 1.807) is 6.08 Å². The summed E-state index contributed by atoms with van der Waals surface area (Å²) in [5, 5.41) is 2.90. The first-order valence-electron chi connectivity index (χ1n) is 6.88. The van der Waals surface area contributed by atoms with Crippen LogP contribution >= 0.6 is 0 Å². The highest BCUT2D eigenvalue weighted by molar-refractivity contribution is 5.87. The van der Waals surface area contributed by atoms with E-state index < -0.39 is 0 Å². The van der Waals surface area contributed by atoms with Crippen molar-refractivity contribution in [3.8, 4) is 0 Å². The zero-order valence-corrected chi connectivity index (χ0v) is 12.4. The van der Waals surface area contributed by atoms with Crippen molar-refractivity contribution in [2.45, 2.75) is 45.7 Å². The predicted molar refractivity (Wildman–Crippen MR) is 77.6 cm³/mol. The van der Waals surface area contributed by atoms with Crippen LogP contribution in [0.2, 0.25) is 0 Å². The van der Waals surface area contributed by atoms with E-state index in [1.165, 1.54) is 0 Å². The molecule has 1 saturated heterocycles. The van der Waals surface area contributed by atoms with Gasteiger partial charge in [0.15, 0.2) is 0 Å². The third-order valence-corrected chi connectivity index (χ3v) is 3.15. The van der Waals surface area contributed by atoms with Crippen LogP contribution in [0.4, 0.5) is 0 Å². The average molecular weight is 263 g/mol. The number of nitrogens with one attached hydrogen (secondary N) is 1. The van der Waals surface area contributed by atoms with Gasteiger partial charge in [0.1, 0.15) is 0 Å². The van der Waals surface area contributed by atoms with E-state index >= 15 is 0 Å². The number of carbonyl (C=O) groups is 1. The molecule has 1 fully saturated rings.